The van der Waals surface area contributed by atoms with Gasteiger partial charge in [-0.15, -0.1) is 0 Å². The smallest absolute Gasteiger partial charge is 0.275 e. The first kappa shape index (κ1) is 19.6. The third-order valence-corrected chi connectivity index (χ3v) is 7.96. The van der Waals surface area contributed by atoms with E-state index in [0.717, 1.165) is 29.7 Å². The molecule has 30 heavy (non-hydrogen) atoms. The molecule has 5 rings (SSSR count). The molecule has 2 aliphatic rings. The lowest BCUT2D eigenvalue weighted by Gasteiger charge is -2.36. The van der Waals surface area contributed by atoms with Crippen molar-refractivity contribution in [3.8, 4) is 5.69 Å². The number of rotatable bonds is 3. The molecule has 156 valence electrons. The first-order valence-corrected chi connectivity index (χ1v) is 10.6. The molecule has 0 N–H and O–H groups in total. The van der Waals surface area contributed by atoms with E-state index in [1.807, 2.05) is 4.68 Å². The SMILES string of the molecule is CC1(C)[C@H]2CC[C@]1(C)c1c2c(=O)n(-c2ccc(F)cc2Cl)n1Cc1ccc(F)cc1. The zero-order valence-corrected chi connectivity index (χ0v) is 17.9. The summed E-state index contributed by atoms with van der Waals surface area (Å²) < 4.78 is 30.7. The van der Waals surface area contributed by atoms with Crippen LogP contribution in [0.2, 0.25) is 5.02 Å². The molecule has 1 aromatic heterocycles. The van der Waals surface area contributed by atoms with Crippen LogP contribution in [-0.4, -0.2) is 9.36 Å². The quantitative estimate of drug-likeness (QED) is 0.518. The van der Waals surface area contributed by atoms with Crippen molar-refractivity contribution in [3.05, 3.63) is 86.3 Å². The van der Waals surface area contributed by atoms with Gasteiger partial charge in [-0.3, -0.25) is 9.48 Å². The summed E-state index contributed by atoms with van der Waals surface area (Å²) in [6, 6.07) is 10.4. The number of hydrogen-bond acceptors (Lipinski definition) is 1. The van der Waals surface area contributed by atoms with E-state index in [2.05, 4.69) is 20.8 Å². The number of fused-ring (bicyclic) bond motifs is 5. The standard InChI is InChI=1S/C24H23ClF2N2O/c1-23(2)17-10-11-24(23,3)21-20(17)22(30)29(19-9-8-16(27)12-18(19)25)28(21)13-14-4-6-15(26)7-5-14/h4-9,12,17H,10-11,13H2,1-3H3/t17-,24+/m0/s1. The molecule has 0 aliphatic heterocycles. The van der Waals surface area contributed by atoms with Crippen molar-refractivity contribution in [2.24, 2.45) is 5.41 Å². The minimum atomic E-state index is -0.450. The second kappa shape index (κ2) is 6.30. The zero-order valence-electron chi connectivity index (χ0n) is 17.2. The lowest BCUT2D eigenvalue weighted by Crippen LogP contribution is -2.36. The van der Waals surface area contributed by atoms with Gasteiger partial charge in [-0.1, -0.05) is 44.5 Å². The summed E-state index contributed by atoms with van der Waals surface area (Å²) in [5.74, 6) is -0.582. The van der Waals surface area contributed by atoms with Gasteiger partial charge in [-0.2, -0.15) is 0 Å². The predicted molar refractivity (Wildman–Crippen MR) is 114 cm³/mol. The predicted octanol–water partition coefficient (Wildman–Crippen LogP) is 5.79. The molecular weight excluding hydrogens is 406 g/mol. The van der Waals surface area contributed by atoms with Crippen LogP contribution in [0.3, 0.4) is 0 Å². The van der Waals surface area contributed by atoms with Gasteiger partial charge in [-0.05, 0) is 60.1 Å². The normalized spacial score (nSPS) is 23.7. The molecule has 3 aromatic rings. The van der Waals surface area contributed by atoms with Crippen LogP contribution < -0.4 is 5.56 Å². The Labute approximate surface area is 178 Å². The van der Waals surface area contributed by atoms with Crippen molar-refractivity contribution in [3.63, 3.8) is 0 Å². The van der Waals surface area contributed by atoms with E-state index in [-0.39, 0.29) is 33.1 Å². The number of aromatic nitrogens is 2. The third kappa shape index (κ3) is 2.45. The van der Waals surface area contributed by atoms with Gasteiger partial charge >= 0.3 is 0 Å². The Morgan fingerprint density at radius 3 is 2.40 bits per heavy atom. The van der Waals surface area contributed by atoms with Crippen LogP contribution in [0.4, 0.5) is 8.78 Å². The second-order valence-corrected chi connectivity index (χ2v) is 9.71. The van der Waals surface area contributed by atoms with E-state index < -0.39 is 5.82 Å². The van der Waals surface area contributed by atoms with Crippen molar-refractivity contribution < 1.29 is 8.78 Å². The van der Waals surface area contributed by atoms with E-state index in [0.29, 0.717) is 12.2 Å². The molecule has 0 amide bonds. The minimum absolute atomic E-state index is 0.0347. The molecule has 0 saturated heterocycles. The van der Waals surface area contributed by atoms with Gasteiger partial charge in [0.1, 0.15) is 11.6 Å². The number of hydrogen-bond donors (Lipinski definition) is 0. The summed E-state index contributed by atoms with van der Waals surface area (Å²) in [5.41, 5.74) is 2.92. The van der Waals surface area contributed by atoms with Gasteiger partial charge in [0.25, 0.3) is 5.56 Å². The maximum absolute atomic E-state index is 13.7. The molecule has 3 nitrogen and oxygen atoms in total. The van der Waals surface area contributed by atoms with Crippen molar-refractivity contribution in [1.29, 1.82) is 0 Å². The molecule has 1 saturated carbocycles. The third-order valence-electron chi connectivity index (χ3n) is 7.66. The van der Waals surface area contributed by atoms with E-state index >= 15 is 0 Å². The van der Waals surface area contributed by atoms with Crippen LogP contribution in [0.1, 0.15) is 56.4 Å². The first-order chi connectivity index (χ1) is 14.1. The van der Waals surface area contributed by atoms with Gasteiger partial charge in [-0.25, -0.2) is 13.5 Å². The first-order valence-electron chi connectivity index (χ1n) is 10.2. The topological polar surface area (TPSA) is 26.9 Å². The van der Waals surface area contributed by atoms with Crippen LogP contribution >= 0.6 is 11.6 Å². The number of halogens is 3. The van der Waals surface area contributed by atoms with Crippen LogP contribution in [0, 0.1) is 17.0 Å². The lowest BCUT2D eigenvalue weighted by molar-refractivity contribution is 0.216. The van der Waals surface area contributed by atoms with Crippen molar-refractivity contribution in [2.45, 2.75) is 51.5 Å². The summed E-state index contributed by atoms with van der Waals surface area (Å²) in [4.78, 5) is 13.7. The Kier molecular flexibility index (Phi) is 4.11. The average molecular weight is 429 g/mol. The van der Waals surface area contributed by atoms with Crippen molar-refractivity contribution in [2.75, 3.05) is 0 Å². The van der Waals surface area contributed by atoms with Crippen molar-refractivity contribution in [1.82, 2.24) is 9.36 Å². The highest BCUT2D eigenvalue weighted by Crippen LogP contribution is 2.67. The summed E-state index contributed by atoms with van der Waals surface area (Å²) in [5, 5.41) is 0.186. The highest BCUT2D eigenvalue weighted by atomic mass is 35.5. The Morgan fingerprint density at radius 2 is 1.73 bits per heavy atom. The molecule has 2 aromatic carbocycles. The summed E-state index contributed by atoms with van der Waals surface area (Å²) in [7, 11) is 0. The Morgan fingerprint density at radius 1 is 1.07 bits per heavy atom. The minimum Gasteiger partial charge on any atom is -0.277 e. The van der Waals surface area contributed by atoms with Gasteiger partial charge < -0.3 is 0 Å². The van der Waals surface area contributed by atoms with Crippen molar-refractivity contribution >= 4 is 11.6 Å². The Hall–Kier alpha value is -2.40. The molecule has 1 heterocycles. The summed E-state index contributed by atoms with van der Waals surface area (Å²) in [6.07, 6.45) is 1.98. The average Bonchev–Trinajstić information content (AvgIpc) is 3.16. The largest absolute Gasteiger partial charge is 0.277 e. The molecule has 0 unspecified atom stereocenters. The molecule has 0 radical (unpaired) electrons. The monoisotopic (exact) mass is 428 g/mol. The molecule has 0 spiro atoms. The van der Waals surface area contributed by atoms with Gasteiger partial charge in [0.05, 0.1) is 22.9 Å². The Balaban J connectivity index is 1.79. The molecule has 2 bridgehead atoms. The number of benzene rings is 2. The molecule has 6 heteroatoms. The van der Waals surface area contributed by atoms with Gasteiger partial charge in [0.2, 0.25) is 0 Å². The summed E-state index contributed by atoms with van der Waals surface area (Å²) >= 11 is 6.37. The van der Waals surface area contributed by atoms with Crippen LogP contribution in [-0.2, 0) is 12.0 Å². The van der Waals surface area contributed by atoms with E-state index in [9.17, 15) is 13.6 Å². The van der Waals surface area contributed by atoms with Crippen LogP contribution in [0.5, 0.6) is 0 Å². The van der Waals surface area contributed by atoms with Crippen LogP contribution in [0.25, 0.3) is 5.69 Å². The second-order valence-electron chi connectivity index (χ2n) is 9.30. The number of nitrogens with zero attached hydrogens (tertiary/aromatic N) is 2. The highest BCUT2D eigenvalue weighted by molar-refractivity contribution is 6.32. The fourth-order valence-electron chi connectivity index (χ4n) is 5.69. The van der Waals surface area contributed by atoms with Gasteiger partial charge in [0, 0.05) is 11.0 Å². The maximum Gasteiger partial charge on any atom is 0.275 e. The van der Waals surface area contributed by atoms with Crippen LogP contribution in [0.15, 0.2) is 47.3 Å². The lowest BCUT2D eigenvalue weighted by atomic mass is 9.70. The van der Waals surface area contributed by atoms with Gasteiger partial charge in [0.15, 0.2) is 0 Å². The zero-order chi connectivity index (χ0) is 21.4. The van der Waals surface area contributed by atoms with E-state index in [1.165, 1.54) is 24.3 Å². The highest BCUT2D eigenvalue weighted by Gasteiger charge is 2.62. The van der Waals surface area contributed by atoms with E-state index in [1.54, 1.807) is 22.9 Å². The molecular formula is C24H23ClF2N2O. The maximum atomic E-state index is 13.7. The Bertz CT molecular complexity index is 1230. The molecule has 1 fully saturated rings. The van der Waals surface area contributed by atoms with E-state index in [4.69, 9.17) is 11.6 Å². The fraction of sp³-hybridized carbons (Fsp3) is 0.375. The fourth-order valence-corrected chi connectivity index (χ4v) is 5.94. The molecule has 2 aliphatic carbocycles. The summed E-state index contributed by atoms with van der Waals surface area (Å²) in [6.45, 7) is 7.11. The molecule has 2 atom stereocenters.